The van der Waals surface area contributed by atoms with E-state index in [2.05, 4.69) is 25.9 Å². The first kappa shape index (κ1) is 18.6. The average molecular weight is 445 g/mol. The fourth-order valence-corrected chi connectivity index (χ4v) is 3.61. The summed E-state index contributed by atoms with van der Waals surface area (Å²) in [7, 11) is 1.66. The number of hydrogen-bond donors (Lipinski definition) is 0. The second-order valence-corrected chi connectivity index (χ2v) is 7.52. The van der Waals surface area contributed by atoms with Crippen LogP contribution in [0.4, 0.5) is 5.69 Å². The maximum Gasteiger partial charge on any atom is 0.289 e. The Labute approximate surface area is 171 Å². The van der Waals surface area contributed by atoms with Gasteiger partial charge in [-0.2, -0.15) is 5.10 Å². The summed E-state index contributed by atoms with van der Waals surface area (Å²) in [6.45, 7) is 3.38. The Morgan fingerprint density at radius 2 is 1.89 bits per heavy atom. The van der Waals surface area contributed by atoms with E-state index >= 15 is 0 Å². The SMILES string of the molecule is COc1ccc(N2CCN(C(=O)c3ccc(Cn4cc(Br)cn4)o3)CC2)cc1. The third-order valence-electron chi connectivity index (χ3n) is 4.80. The molecule has 7 nitrogen and oxygen atoms in total. The smallest absolute Gasteiger partial charge is 0.289 e. The lowest BCUT2D eigenvalue weighted by Crippen LogP contribution is -2.48. The Morgan fingerprint density at radius 3 is 2.54 bits per heavy atom. The predicted molar refractivity (Wildman–Crippen MR) is 109 cm³/mol. The van der Waals surface area contributed by atoms with E-state index in [9.17, 15) is 4.79 Å². The summed E-state index contributed by atoms with van der Waals surface area (Å²) in [6, 6.07) is 11.6. The number of methoxy groups -OCH3 is 1. The quantitative estimate of drug-likeness (QED) is 0.604. The molecular weight excluding hydrogens is 424 g/mol. The summed E-state index contributed by atoms with van der Waals surface area (Å²) in [5.41, 5.74) is 1.14. The zero-order valence-corrected chi connectivity index (χ0v) is 17.1. The van der Waals surface area contributed by atoms with Crippen molar-refractivity contribution in [3.63, 3.8) is 0 Å². The maximum absolute atomic E-state index is 12.8. The third kappa shape index (κ3) is 4.06. The van der Waals surface area contributed by atoms with Crippen LogP contribution in [0.15, 0.2) is 57.7 Å². The summed E-state index contributed by atoms with van der Waals surface area (Å²) in [5.74, 6) is 1.85. The van der Waals surface area contributed by atoms with E-state index in [1.54, 1.807) is 24.1 Å². The fourth-order valence-electron chi connectivity index (χ4n) is 3.28. The van der Waals surface area contributed by atoms with Gasteiger partial charge in [-0.25, -0.2) is 0 Å². The summed E-state index contributed by atoms with van der Waals surface area (Å²) in [4.78, 5) is 16.9. The minimum absolute atomic E-state index is 0.0673. The lowest BCUT2D eigenvalue weighted by atomic mass is 10.2. The molecule has 146 valence electrons. The van der Waals surface area contributed by atoms with Crippen LogP contribution in [0.25, 0.3) is 0 Å². The molecule has 0 unspecified atom stereocenters. The van der Waals surface area contributed by atoms with Crippen molar-refractivity contribution in [3.05, 3.63) is 64.8 Å². The molecule has 1 aromatic carbocycles. The van der Waals surface area contributed by atoms with Crippen LogP contribution >= 0.6 is 15.9 Å². The van der Waals surface area contributed by atoms with Gasteiger partial charge in [0.1, 0.15) is 11.5 Å². The number of rotatable bonds is 5. The van der Waals surface area contributed by atoms with Gasteiger partial charge in [-0.1, -0.05) is 0 Å². The molecule has 8 heteroatoms. The van der Waals surface area contributed by atoms with Crippen molar-refractivity contribution in [1.29, 1.82) is 0 Å². The van der Waals surface area contributed by atoms with E-state index in [1.807, 2.05) is 41.4 Å². The highest BCUT2D eigenvalue weighted by atomic mass is 79.9. The van der Waals surface area contributed by atoms with Gasteiger partial charge in [-0.15, -0.1) is 0 Å². The second-order valence-electron chi connectivity index (χ2n) is 6.60. The van der Waals surface area contributed by atoms with Crippen molar-refractivity contribution in [2.75, 3.05) is 38.2 Å². The van der Waals surface area contributed by atoms with E-state index in [1.165, 1.54) is 0 Å². The summed E-state index contributed by atoms with van der Waals surface area (Å²) in [6.07, 6.45) is 3.58. The van der Waals surface area contributed by atoms with Crippen LogP contribution < -0.4 is 9.64 Å². The fraction of sp³-hybridized carbons (Fsp3) is 0.300. The maximum atomic E-state index is 12.8. The second kappa shape index (κ2) is 8.10. The van der Waals surface area contributed by atoms with Gasteiger partial charge in [0.15, 0.2) is 5.76 Å². The molecule has 1 amide bonds. The number of ether oxygens (including phenoxy) is 1. The van der Waals surface area contributed by atoms with E-state index in [-0.39, 0.29) is 5.91 Å². The van der Waals surface area contributed by atoms with Gasteiger partial charge in [0, 0.05) is 38.1 Å². The number of piperazine rings is 1. The number of anilines is 1. The lowest BCUT2D eigenvalue weighted by molar-refractivity contribution is 0.0712. The molecule has 0 saturated carbocycles. The molecule has 28 heavy (non-hydrogen) atoms. The number of carbonyl (C=O) groups is 1. The first-order valence-electron chi connectivity index (χ1n) is 9.07. The van der Waals surface area contributed by atoms with Crippen LogP contribution in [0.5, 0.6) is 5.75 Å². The molecule has 0 N–H and O–H groups in total. The topological polar surface area (TPSA) is 63.7 Å². The van der Waals surface area contributed by atoms with Gasteiger partial charge < -0.3 is 19.0 Å². The van der Waals surface area contributed by atoms with Crippen LogP contribution in [0.2, 0.25) is 0 Å². The summed E-state index contributed by atoms with van der Waals surface area (Å²) < 4.78 is 13.6. The number of amides is 1. The number of carbonyl (C=O) groups excluding carboxylic acids is 1. The normalized spacial score (nSPS) is 14.4. The van der Waals surface area contributed by atoms with Crippen LogP contribution in [-0.4, -0.2) is 53.9 Å². The first-order valence-corrected chi connectivity index (χ1v) is 9.86. The van der Waals surface area contributed by atoms with Crippen LogP contribution in [-0.2, 0) is 6.54 Å². The lowest BCUT2D eigenvalue weighted by Gasteiger charge is -2.35. The molecular formula is C20H21BrN4O3. The van der Waals surface area contributed by atoms with Crippen molar-refractivity contribution in [1.82, 2.24) is 14.7 Å². The van der Waals surface area contributed by atoms with Gasteiger partial charge in [0.25, 0.3) is 5.91 Å². The van der Waals surface area contributed by atoms with Crippen molar-refractivity contribution < 1.29 is 13.9 Å². The highest BCUT2D eigenvalue weighted by Crippen LogP contribution is 2.21. The molecule has 2 aromatic heterocycles. The Kier molecular flexibility index (Phi) is 5.38. The standard InChI is InChI=1S/C20H21BrN4O3/c1-27-17-4-2-16(3-5-17)23-8-10-24(11-9-23)20(26)19-7-6-18(28-19)14-25-13-15(21)12-22-25/h2-7,12-13H,8-11,14H2,1H3. The van der Waals surface area contributed by atoms with Crippen molar-refractivity contribution >= 4 is 27.5 Å². The number of hydrogen-bond acceptors (Lipinski definition) is 5. The number of benzene rings is 1. The molecule has 0 bridgehead atoms. The largest absolute Gasteiger partial charge is 0.497 e. The number of nitrogens with zero attached hydrogens (tertiary/aromatic N) is 4. The zero-order chi connectivity index (χ0) is 19.5. The average Bonchev–Trinajstić information content (AvgIpc) is 3.37. The molecule has 4 rings (SSSR count). The number of halogens is 1. The zero-order valence-electron chi connectivity index (χ0n) is 15.5. The Bertz CT molecular complexity index is 943. The van der Waals surface area contributed by atoms with Gasteiger partial charge in [0.05, 0.1) is 24.3 Å². The number of aromatic nitrogens is 2. The molecule has 0 spiro atoms. The molecule has 0 aliphatic carbocycles. The van der Waals surface area contributed by atoms with E-state index < -0.39 is 0 Å². The van der Waals surface area contributed by atoms with E-state index in [4.69, 9.17) is 9.15 Å². The molecule has 3 heterocycles. The van der Waals surface area contributed by atoms with Gasteiger partial charge in [-0.3, -0.25) is 9.48 Å². The summed E-state index contributed by atoms with van der Waals surface area (Å²) >= 11 is 3.37. The summed E-state index contributed by atoms with van der Waals surface area (Å²) in [5, 5.41) is 4.20. The monoisotopic (exact) mass is 444 g/mol. The third-order valence-corrected chi connectivity index (χ3v) is 5.21. The first-order chi connectivity index (χ1) is 13.6. The molecule has 1 fully saturated rings. The van der Waals surface area contributed by atoms with Crippen molar-refractivity contribution in [2.24, 2.45) is 0 Å². The molecule has 1 saturated heterocycles. The van der Waals surface area contributed by atoms with Gasteiger partial charge in [0.2, 0.25) is 0 Å². The highest BCUT2D eigenvalue weighted by molar-refractivity contribution is 9.10. The Morgan fingerprint density at radius 1 is 1.14 bits per heavy atom. The van der Waals surface area contributed by atoms with Gasteiger partial charge in [-0.05, 0) is 52.3 Å². The van der Waals surface area contributed by atoms with Crippen LogP contribution in [0.1, 0.15) is 16.3 Å². The minimum atomic E-state index is -0.0673. The van der Waals surface area contributed by atoms with Crippen LogP contribution in [0.3, 0.4) is 0 Å². The van der Waals surface area contributed by atoms with Crippen molar-refractivity contribution in [2.45, 2.75) is 6.54 Å². The number of furan rings is 1. The molecule has 3 aromatic rings. The van der Waals surface area contributed by atoms with E-state index in [0.717, 1.165) is 29.0 Å². The van der Waals surface area contributed by atoms with E-state index in [0.29, 0.717) is 31.2 Å². The Balaban J connectivity index is 1.34. The van der Waals surface area contributed by atoms with Gasteiger partial charge >= 0.3 is 0 Å². The highest BCUT2D eigenvalue weighted by Gasteiger charge is 2.24. The Hall–Kier alpha value is -2.74. The van der Waals surface area contributed by atoms with Crippen LogP contribution in [0, 0.1) is 0 Å². The molecule has 0 radical (unpaired) electrons. The minimum Gasteiger partial charge on any atom is -0.497 e. The molecule has 1 aliphatic heterocycles. The predicted octanol–water partition coefficient (Wildman–Crippen LogP) is 3.26. The van der Waals surface area contributed by atoms with Crippen molar-refractivity contribution in [3.8, 4) is 5.75 Å². The molecule has 0 atom stereocenters. The molecule has 1 aliphatic rings.